The molecule has 0 atom stereocenters. The van der Waals surface area contributed by atoms with Gasteiger partial charge in [0.2, 0.25) is 5.95 Å². The molecule has 2 aromatic heterocycles. The van der Waals surface area contributed by atoms with Crippen LogP contribution in [0, 0.1) is 5.92 Å². The number of aromatic nitrogens is 3. The van der Waals surface area contributed by atoms with Crippen LogP contribution in [0.4, 0.5) is 17.3 Å². The van der Waals surface area contributed by atoms with Gasteiger partial charge in [-0.3, -0.25) is 4.79 Å². The Morgan fingerprint density at radius 3 is 2.57 bits per heavy atom. The number of benzene rings is 1. The van der Waals surface area contributed by atoms with E-state index >= 15 is 0 Å². The number of fused-ring (bicyclic) bond motifs is 1. The minimum absolute atomic E-state index is 0.0248. The van der Waals surface area contributed by atoms with E-state index < -0.39 is 0 Å². The molecule has 1 aliphatic carbocycles. The summed E-state index contributed by atoms with van der Waals surface area (Å²) in [5.41, 5.74) is 2.76. The predicted molar refractivity (Wildman–Crippen MR) is 124 cm³/mol. The summed E-state index contributed by atoms with van der Waals surface area (Å²) in [6.07, 6.45) is 5.88. The van der Waals surface area contributed by atoms with E-state index in [1.807, 2.05) is 18.3 Å². The summed E-state index contributed by atoms with van der Waals surface area (Å²) in [4.78, 5) is 26.5. The van der Waals surface area contributed by atoms with Crippen LogP contribution < -0.4 is 15.8 Å². The summed E-state index contributed by atoms with van der Waals surface area (Å²) in [5, 5.41) is 3.80. The standard InChI is InChI=1S/C22H25BrN6O/c1-27-8-10-28(11-9-27)17-6-4-16(5-7-17)25-22-24-12-18-20(26-22)19(23)14-29(21(18)30)13-15-2-3-15/h4-7,12,14-15H,2-3,8-11,13H2,1H3,(H,24,25,26). The monoisotopic (exact) mass is 468 g/mol. The summed E-state index contributed by atoms with van der Waals surface area (Å²) < 4.78 is 2.59. The molecular weight excluding hydrogens is 444 g/mol. The molecule has 0 amide bonds. The number of piperazine rings is 1. The Balaban J connectivity index is 1.35. The molecular formula is C22H25BrN6O. The molecule has 2 fully saturated rings. The first kappa shape index (κ1) is 19.5. The molecule has 3 heterocycles. The van der Waals surface area contributed by atoms with Gasteiger partial charge in [-0.2, -0.15) is 0 Å². The van der Waals surface area contributed by atoms with Gasteiger partial charge < -0.3 is 19.7 Å². The number of hydrogen-bond donors (Lipinski definition) is 1. The first-order valence-corrected chi connectivity index (χ1v) is 11.2. The number of nitrogens with zero attached hydrogens (tertiary/aromatic N) is 5. The molecule has 2 aliphatic rings. The van der Waals surface area contributed by atoms with Crippen LogP contribution in [0.25, 0.3) is 10.9 Å². The van der Waals surface area contributed by atoms with Crippen molar-refractivity contribution in [2.75, 3.05) is 43.4 Å². The maximum absolute atomic E-state index is 12.8. The quantitative estimate of drug-likeness (QED) is 0.618. The fourth-order valence-electron chi connectivity index (χ4n) is 3.86. The van der Waals surface area contributed by atoms with Crippen molar-refractivity contribution in [3.63, 3.8) is 0 Å². The van der Waals surface area contributed by atoms with Crippen molar-refractivity contribution in [3.05, 3.63) is 51.5 Å². The molecule has 0 radical (unpaired) electrons. The van der Waals surface area contributed by atoms with Crippen LogP contribution in [0.1, 0.15) is 12.8 Å². The number of nitrogens with one attached hydrogen (secondary N) is 1. The van der Waals surface area contributed by atoms with E-state index in [2.05, 4.69) is 60.2 Å². The Morgan fingerprint density at radius 1 is 1.13 bits per heavy atom. The van der Waals surface area contributed by atoms with Gasteiger partial charge in [-0.15, -0.1) is 0 Å². The second-order valence-electron chi connectivity index (χ2n) is 8.30. The summed E-state index contributed by atoms with van der Waals surface area (Å²) >= 11 is 3.58. The number of pyridine rings is 1. The number of rotatable bonds is 5. The molecule has 1 aliphatic heterocycles. The van der Waals surface area contributed by atoms with Crippen LogP contribution in [0.15, 0.2) is 45.9 Å². The minimum atomic E-state index is -0.0248. The molecule has 1 aromatic carbocycles. The third-order valence-corrected chi connectivity index (χ3v) is 6.50. The summed E-state index contributed by atoms with van der Waals surface area (Å²) in [6, 6.07) is 8.34. The van der Waals surface area contributed by atoms with E-state index in [-0.39, 0.29) is 5.56 Å². The molecule has 156 valence electrons. The Bertz CT molecular complexity index is 1120. The van der Waals surface area contributed by atoms with E-state index in [0.29, 0.717) is 22.8 Å². The lowest BCUT2D eigenvalue weighted by Gasteiger charge is -2.34. The highest BCUT2D eigenvalue weighted by Gasteiger charge is 2.23. The van der Waals surface area contributed by atoms with E-state index in [9.17, 15) is 4.79 Å². The molecule has 8 heteroatoms. The molecule has 0 bridgehead atoms. The fourth-order valence-corrected chi connectivity index (χ4v) is 4.40. The van der Waals surface area contributed by atoms with Crippen LogP contribution in [0.3, 0.4) is 0 Å². The third kappa shape index (κ3) is 4.06. The number of likely N-dealkylation sites (N-methyl/N-ethyl adjacent to an activating group) is 1. The van der Waals surface area contributed by atoms with E-state index in [1.165, 1.54) is 18.5 Å². The second kappa shape index (κ2) is 8.00. The highest BCUT2D eigenvalue weighted by atomic mass is 79.9. The SMILES string of the molecule is CN1CCN(c2ccc(Nc3ncc4c(=O)n(CC5CC5)cc(Br)c4n3)cc2)CC1. The molecule has 1 saturated carbocycles. The molecule has 7 nitrogen and oxygen atoms in total. The van der Waals surface area contributed by atoms with Crippen LogP contribution in [-0.2, 0) is 6.54 Å². The fraction of sp³-hybridized carbons (Fsp3) is 0.409. The van der Waals surface area contributed by atoms with Crippen molar-refractivity contribution in [1.29, 1.82) is 0 Å². The first-order chi connectivity index (χ1) is 14.6. The first-order valence-electron chi connectivity index (χ1n) is 10.4. The van der Waals surface area contributed by atoms with Gasteiger partial charge in [0, 0.05) is 56.5 Å². The molecule has 0 unspecified atom stereocenters. The van der Waals surface area contributed by atoms with Crippen molar-refractivity contribution >= 4 is 44.2 Å². The Morgan fingerprint density at radius 2 is 1.87 bits per heavy atom. The zero-order chi connectivity index (χ0) is 20.7. The summed E-state index contributed by atoms with van der Waals surface area (Å²) in [5.74, 6) is 1.11. The van der Waals surface area contributed by atoms with Gasteiger partial charge in [-0.1, -0.05) is 0 Å². The highest BCUT2D eigenvalue weighted by Crippen LogP contribution is 2.31. The third-order valence-electron chi connectivity index (χ3n) is 5.92. The second-order valence-corrected chi connectivity index (χ2v) is 9.15. The number of hydrogen-bond acceptors (Lipinski definition) is 6. The van der Waals surface area contributed by atoms with Crippen LogP contribution in [-0.4, -0.2) is 52.7 Å². The van der Waals surface area contributed by atoms with Crippen molar-refractivity contribution < 1.29 is 0 Å². The molecule has 0 spiro atoms. The van der Waals surface area contributed by atoms with Gasteiger partial charge in [0.1, 0.15) is 0 Å². The maximum Gasteiger partial charge on any atom is 0.261 e. The zero-order valence-electron chi connectivity index (χ0n) is 17.0. The average molecular weight is 469 g/mol. The van der Waals surface area contributed by atoms with Gasteiger partial charge in [-0.25, -0.2) is 9.97 Å². The van der Waals surface area contributed by atoms with Crippen LogP contribution in [0.2, 0.25) is 0 Å². The van der Waals surface area contributed by atoms with Gasteiger partial charge >= 0.3 is 0 Å². The van der Waals surface area contributed by atoms with Crippen molar-refractivity contribution in [2.45, 2.75) is 19.4 Å². The molecule has 1 saturated heterocycles. The lowest BCUT2D eigenvalue weighted by molar-refractivity contribution is 0.313. The average Bonchev–Trinajstić information content (AvgIpc) is 3.57. The van der Waals surface area contributed by atoms with E-state index in [0.717, 1.165) is 42.9 Å². The summed E-state index contributed by atoms with van der Waals surface area (Å²) in [6.45, 7) is 5.03. The Hall–Kier alpha value is -2.45. The van der Waals surface area contributed by atoms with Crippen LogP contribution >= 0.6 is 15.9 Å². The largest absolute Gasteiger partial charge is 0.369 e. The van der Waals surface area contributed by atoms with Gasteiger partial charge in [-0.05, 0) is 66.0 Å². The summed E-state index contributed by atoms with van der Waals surface area (Å²) in [7, 11) is 2.16. The van der Waals surface area contributed by atoms with Crippen LogP contribution in [0.5, 0.6) is 0 Å². The lowest BCUT2D eigenvalue weighted by atomic mass is 10.2. The van der Waals surface area contributed by atoms with Crippen molar-refractivity contribution in [2.24, 2.45) is 5.92 Å². The zero-order valence-corrected chi connectivity index (χ0v) is 18.6. The lowest BCUT2D eigenvalue weighted by Crippen LogP contribution is -2.44. The minimum Gasteiger partial charge on any atom is -0.369 e. The molecule has 30 heavy (non-hydrogen) atoms. The smallest absolute Gasteiger partial charge is 0.261 e. The maximum atomic E-state index is 12.8. The normalized spacial score (nSPS) is 17.5. The topological polar surface area (TPSA) is 66.3 Å². The Labute approximate surface area is 183 Å². The van der Waals surface area contributed by atoms with Gasteiger partial charge in [0.05, 0.1) is 15.4 Å². The number of halogens is 1. The van der Waals surface area contributed by atoms with Gasteiger partial charge in [0.25, 0.3) is 5.56 Å². The highest BCUT2D eigenvalue weighted by molar-refractivity contribution is 9.10. The molecule has 3 aromatic rings. The Kier molecular flexibility index (Phi) is 5.20. The predicted octanol–water partition coefficient (Wildman–Crippen LogP) is 3.46. The van der Waals surface area contributed by atoms with E-state index in [4.69, 9.17) is 0 Å². The molecule has 5 rings (SSSR count). The molecule has 1 N–H and O–H groups in total. The van der Waals surface area contributed by atoms with E-state index in [1.54, 1.807) is 10.8 Å². The van der Waals surface area contributed by atoms with Crippen molar-refractivity contribution in [3.8, 4) is 0 Å². The van der Waals surface area contributed by atoms with Crippen molar-refractivity contribution in [1.82, 2.24) is 19.4 Å². The number of anilines is 3. The van der Waals surface area contributed by atoms with Gasteiger partial charge in [0.15, 0.2) is 0 Å².